The highest BCUT2D eigenvalue weighted by Crippen LogP contribution is 2.32. The number of aliphatic hydroxyl groups is 1. The maximum atomic E-state index is 13.1. The van der Waals surface area contributed by atoms with Crippen molar-refractivity contribution in [1.29, 1.82) is 0 Å². The van der Waals surface area contributed by atoms with Crippen LogP contribution in [0.4, 0.5) is 0 Å². The molecule has 1 heterocycles. The fourth-order valence-corrected chi connectivity index (χ4v) is 5.57. The summed E-state index contributed by atoms with van der Waals surface area (Å²) in [5, 5.41) is 14.7. The number of fused-ring (bicyclic) bond motifs is 1. The number of benzene rings is 2. The molecule has 9 heteroatoms. The Kier molecular flexibility index (Phi) is 6.03. The standard InChI is InChI=1S/C23H25N3O5S/c1-15-2-6-18(7-3-15)32(30,31)26-11-10-24-23(29)21(26)13-22(28)25-20-9-5-17-12-16(14-27)4-8-19(17)20/h2-4,6-8,10-12,20-21,27H,5,9,13-14H2,1H3,(H,24,29)(H,25,28)/t20-,21-/m1/s1. The lowest BCUT2D eigenvalue weighted by atomic mass is 10.0. The molecule has 168 valence electrons. The number of amides is 2. The van der Waals surface area contributed by atoms with Gasteiger partial charge >= 0.3 is 0 Å². The Morgan fingerprint density at radius 1 is 1.22 bits per heavy atom. The van der Waals surface area contributed by atoms with Gasteiger partial charge in [-0.05, 0) is 48.6 Å². The van der Waals surface area contributed by atoms with E-state index in [1.807, 2.05) is 25.1 Å². The smallest absolute Gasteiger partial charge is 0.264 e. The van der Waals surface area contributed by atoms with E-state index in [9.17, 15) is 23.1 Å². The van der Waals surface area contributed by atoms with Crippen LogP contribution in [0, 0.1) is 6.92 Å². The van der Waals surface area contributed by atoms with Gasteiger partial charge in [-0.2, -0.15) is 0 Å². The summed E-state index contributed by atoms with van der Waals surface area (Å²) in [4.78, 5) is 25.4. The number of aryl methyl sites for hydroxylation is 2. The van der Waals surface area contributed by atoms with Crippen LogP contribution in [-0.2, 0) is 32.6 Å². The number of nitrogens with zero attached hydrogens (tertiary/aromatic N) is 1. The number of aliphatic hydroxyl groups excluding tert-OH is 1. The zero-order chi connectivity index (χ0) is 22.9. The lowest BCUT2D eigenvalue weighted by Crippen LogP contribution is -2.51. The van der Waals surface area contributed by atoms with Crippen molar-refractivity contribution < 1.29 is 23.1 Å². The Balaban J connectivity index is 1.51. The molecule has 1 aliphatic carbocycles. The minimum absolute atomic E-state index is 0.0418. The molecule has 2 aromatic rings. The van der Waals surface area contributed by atoms with Crippen LogP contribution < -0.4 is 10.6 Å². The number of carbonyl (C=O) groups is 2. The third kappa shape index (κ3) is 4.26. The number of hydrogen-bond acceptors (Lipinski definition) is 5. The zero-order valence-corrected chi connectivity index (χ0v) is 18.4. The van der Waals surface area contributed by atoms with E-state index in [0.29, 0.717) is 6.42 Å². The summed E-state index contributed by atoms with van der Waals surface area (Å²) in [6.07, 6.45) is 3.71. The predicted molar refractivity (Wildman–Crippen MR) is 117 cm³/mol. The van der Waals surface area contributed by atoms with Crippen LogP contribution in [-0.4, -0.2) is 35.7 Å². The zero-order valence-electron chi connectivity index (χ0n) is 17.6. The van der Waals surface area contributed by atoms with Crippen molar-refractivity contribution in [3.05, 3.63) is 77.1 Å². The molecule has 2 amide bonds. The first-order valence-corrected chi connectivity index (χ1v) is 11.8. The molecular weight excluding hydrogens is 430 g/mol. The maximum absolute atomic E-state index is 13.1. The Bertz CT molecular complexity index is 1170. The Morgan fingerprint density at radius 3 is 2.69 bits per heavy atom. The average molecular weight is 456 g/mol. The molecule has 0 aromatic heterocycles. The van der Waals surface area contributed by atoms with Crippen molar-refractivity contribution in [3.63, 3.8) is 0 Å². The third-order valence-electron chi connectivity index (χ3n) is 5.83. The lowest BCUT2D eigenvalue weighted by molar-refractivity contribution is -0.129. The number of rotatable bonds is 6. The minimum atomic E-state index is -4.01. The second-order valence-electron chi connectivity index (χ2n) is 8.04. The van der Waals surface area contributed by atoms with Gasteiger partial charge in [0.05, 0.1) is 24.0 Å². The summed E-state index contributed by atoms with van der Waals surface area (Å²) in [7, 11) is -4.01. The molecule has 0 spiro atoms. The van der Waals surface area contributed by atoms with Crippen molar-refractivity contribution in [1.82, 2.24) is 14.9 Å². The molecule has 4 rings (SSSR count). The molecular formula is C23H25N3O5S. The molecule has 2 aromatic carbocycles. The molecule has 0 radical (unpaired) electrons. The Morgan fingerprint density at radius 2 is 1.97 bits per heavy atom. The van der Waals surface area contributed by atoms with Crippen LogP contribution in [0.5, 0.6) is 0 Å². The van der Waals surface area contributed by atoms with Gasteiger partial charge in [0.2, 0.25) is 11.8 Å². The summed E-state index contributed by atoms with van der Waals surface area (Å²) in [5.74, 6) is -0.966. The predicted octanol–water partition coefficient (Wildman–Crippen LogP) is 1.64. The first-order chi connectivity index (χ1) is 15.3. The van der Waals surface area contributed by atoms with Gasteiger partial charge in [-0.25, -0.2) is 8.42 Å². The van der Waals surface area contributed by atoms with E-state index in [1.165, 1.54) is 24.5 Å². The fourth-order valence-electron chi connectivity index (χ4n) is 4.12. The van der Waals surface area contributed by atoms with E-state index in [-0.39, 0.29) is 24.0 Å². The highest BCUT2D eigenvalue weighted by Gasteiger charge is 2.37. The summed E-state index contributed by atoms with van der Waals surface area (Å²) >= 11 is 0. The molecule has 2 atom stereocenters. The second kappa shape index (κ2) is 8.76. The molecule has 8 nitrogen and oxygen atoms in total. The molecule has 0 bridgehead atoms. The van der Waals surface area contributed by atoms with Gasteiger partial charge in [0.25, 0.3) is 10.0 Å². The number of nitrogens with one attached hydrogen (secondary N) is 2. The van der Waals surface area contributed by atoms with Crippen LogP contribution in [0.1, 0.15) is 41.1 Å². The SMILES string of the molecule is Cc1ccc(S(=O)(=O)N2C=CNC(=O)[C@H]2CC(=O)N[C@@H]2CCc3cc(CO)ccc32)cc1. The monoisotopic (exact) mass is 455 g/mol. The Hall–Kier alpha value is -3.17. The second-order valence-corrected chi connectivity index (χ2v) is 9.89. The first-order valence-electron chi connectivity index (χ1n) is 10.4. The van der Waals surface area contributed by atoms with Gasteiger partial charge in [-0.15, -0.1) is 0 Å². The summed E-state index contributed by atoms with van der Waals surface area (Å²) in [6, 6.07) is 10.6. The molecule has 0 unspecified atom stereocenters. The summed E-state index contributed by atoms with van der Waals surface area (Å²) < 4.78 is 27.2. The molecule has 1 aliphatic heterocycles. The topological polar surface area (TPSA) is 116 Å². The van der Waals surface area contributed by atoms with Crippen molar-refractivity contribution >= 4 is 21.8 Å². The van der Waals surface area contributed by atoms with E-state index in [1.54, 1.807) is 12.1 Å². The molecule has 0 saturated carbocycles. The average Bonchev–Trinajstić information content (AvgIpc) is 3.17. The van der Waals surface area contributed by atoms with Crippen molar-refractivity contribution in [2.45, 2.75) is 49.8 Å². The lowest BCUT2D eigenvalue weighted by Gasteiger charge is -2.31. The molecule has 0 saturated heterocycles. The van der Waals surface area contributed by atoms with E-state index in [2.05, 4.69) is 10.6 Å². The summed E-state index contributed by atoms with van der Waals surface area (Å²) in [5.41, 5.74) is 3.78. The molecule has 0 fully saturated rings. The van der Waals surface area contributed by atoms with Gasteiger partial charge in [0.15, 0.2) is 0 Å². The van der Waals surface area contributed by atoms with E-state index < -0.39 is 27.9 Å². The third-order valence-corrected chi connectivity index (χ3v) is 7.63. The molecule has 3 N–H and O–H groups in total. The largest absolute Gasteiger partial charge is 0.392 e. The van der Waals surface area contributed by atoms with Crippen LogP contribution in [0.25, 0.3) is 0 Å². The van der Waals surface area contributed by atoms with Gasteiger partial charge in [0.1, 0.15) is 6.04 Å². The van der Waals surface area contributed by atoms with Crippen molar-refractivity contribution in [3.8, 4) is 0 Å². The normalized spacial score (nSPS) is 20.1. The van der Waals surface area contributed by atoms with Gasteiger partial charge in [0, 0.05) is 12.4 Å². The number of hydrogen-bond donors (Lipinski definition) is 3. The van der Waals surface area contributed by atoms with Crippen LogP contribution in [0.2, 0.25) is 0 Å². The van der Waals surface area contributed by atoms with Crippen molar-refractivity contribution in [2.24, 2.45) is 0 Å². The van der Waals surface area contributed by atoms with Gasteiger partial charge in [-0.3, -0.25) is 13.9 Å². The Labute approximate surface area is 187 Å². The van der Waals surface area contributed by atoms with Crippen LogP contribution >= 0.6 is 0 Å². The van der Waals surface area contributed by atoms with Gasteiger partial charge < -0.3 is 15.7 Å². The van der Waals surface area contributed by atoms with Crippen LogP contribution in [0.15, 0.2) is 59.8 Å². The number of sulfonamides is 1. The molecule has 32 heavy (non-hydrogen) atoms. The van der Waals surface area contributed by atoms with Crippen LogP contribution in [0.3, 0.4) is 0 Å². The quantitative estimate of drug-likeness (QED) is 0.613. The van der Waals surface area contributed by atoms with Gasteiger partial charge in [-0.1, -0.05) is 35.9 Å². The first kappa shape index (κ1) is 22.0. The van der Waals surface area contributed by atoms with E-state index in [0.717, 1.165) is 33.0 Å². The highest BCUT2D eigenvalue weighted by atomic mass is 32.2. The minimum Gasteiger partial charge on any atom is -0.392 e. The van der Waals surface area contributed by atoms with E-state index in [4.69, 9.17) is 0 Å². The maximum Gasteiger partial charge on any atom is 0.264 e. The molecule has 2 aliphatic rings. The van der Waals surface area contributed by atoms with E-state index >= 15 is 0 Å². The summed E-state index contributed by atoms with van der Waals surface area (Å²) in [6.45, 7) is 1.81. The number of carbonyl (C=O) groups excluding carboxylic acids is 2. The fraction of sp³-hybridized carbons (Fsp3) is 0.304. The van der Waals surface area contributed by atoms with Crippen molar-refractivity contribution in [2.75, 3.05) is 0 Å². The highest BCUT2D eigenvalue weighted by molar-refractivity contribution is 7.89.